The number of hydrogen-bond donors (Lipinski definition) is 0. The number of hydrogen-bond acceptors (Lipinski definition) is 5. The van der Waals surface area contributed by atoms with Gasteiger partial charge in [-0.25, -0.2) is 4.79 Å². The maximum Gasteiger partial charge on any atom is 0.410 e. The SMILES string of the molecule is CCOc1ccccc1OCCC1=CC2COCC(C1)N2C(=O)OCC1c2ccccc2-c2ccccc21. The summed E-state index contributed by atoms with van der Waals surface area (Å²) in [7, 11) is 0. The molecule has 38 heavy (non-hydrogen) atoms. The molecule has 0 saturated carbocycles. The molecule has 6 rings (SSSR count). The Morgan fingerprint density at radius 2 is 1.55 bits per heavy atom. The molecule has 2 atom stereocenters. The monoisotopic (exact) mass is 511 g/mol. The minimum absolute atomic E-state index is 0.0277. The molecule has 3 aromatic carbocycles. The molecule has 2 unspecified atom stereocenters. The summed E-state index contributed by atoms with van der Waals surface area (Å²) in [5.41, 5.74) is 6.19. The second-order valence-electron chi connectivity index (χ2n) is 9.98. The van der Waals surface area contributed by atoms with Crippen LogP contribution in [-0.4, -0.2) is 56.1 Å². The highest BCUT2D eigenvalue weighted by Gasteiger charge is 2.39. The van der Waals surface area contributed by atoms with Crippen molar-refractivity contribution in [3.05, 3.63) is 95.6 Å². The molecule has 3 aliphatic rings. The van der Waals surface area contributed by atoms with Crippen LogP contribution in [0.15, 0.2) is 84.4 Å². The van der Waals surface area contributed by atoms with E-state index in [1.807, 2.05) is 36.1 Å². The highest BCUT2D eigenvalue weighted by molar-refractivity contribution is 5.79. The third-order valence-electron chi connectivity index (χ3n) is 7.65. The fraction of sp³-hybridized carbons (Fsp3) is 0.344. The number of nitrogens with zero attached hydrogens (tertiary/aromatic N) is 1. The highest BCUT2D eigenvalue weighted by atomic mass is 16.6. The fourth-order valence-electron chi connectivity index (χ4n) is 5.96. The summed E-state index contributed by atoms with van der Waals surface area (Å²) in [4.78, 5) is 15.3. The van der Waals surface area contributed by atoms with Gasteiger partial charge in [-0.05, 0) is 47.7 Å². The molecule has 6 heteroatoms. The number of morpholine rings is 1. The van der Waals surface area contributed by atoms with Gasteiger partial charge in [-0.2, -0.15) is 0 Å². The second-order valence-corrected chi connectivity index (χ2v) is 9.98. The summed E-state index contributed by atoms with van der Waals surface area (Å²) in [5, 5.41) is 0. The minimum atomic E-state index is -0.262. The summed E-state index contributed by atoms with van der Waals surface area (Å²) in [6.07, 6.45) is 3.46. The third-order valence-corrected chi connectivity index (χ3v) is 7.65. The van der Waals surface area contributed by atoms with Crippen molar-refractivity contribution in [1.29, 1.82) is 0 Å². The summed E-state index contributed by atoms with van der Waals surface area (Å²) >= 11 is 0. The van der Waals surface area contributed by atoms with Gasteiger partial charge in [0, 0.05) is 12.3 Å². The summed E-state index contributed by atoms with van der Waals surface area (Å²) < 4.78 is 23.5. The molecular formula is C32H33NO5. The molecule has 3 aromatic rings. The largest absolute Gasteiger partial charge is 0.490 e. The molecule has 0 N–H and O–H groups in total. The second kappa shape index (κ2) is 10.9. The summed E-state index contributed by atoms with van der Waals surface area (Å²) in [6.45, 7) is 4.45. The number of rotatable bonds is 8. The minimum Gasteiger partial charge on any atom is -0.490 e. The van der Waals surface area contributed by atoms with Crippen molar-refractivity contribution >= 4 is 6.09 Å². The molecule has 1 fully saturated rings. The van der Waals surface area contributed by atoms with Gasteiger partial charge in [0.1, 0.15) is 6.61 Å². The zero-order valence-electron chi connectivity index (χ0n) is 21.7. The molecular weight excluding hydrogens is 478 g/mol. The van der Waals surface area contributed by atoms with Gasteiger partial charge in [-0.15, -0.1) is 0 Å². The first-order chi connectivity index (χ1) is 18.7. The van der Waals surface area contributed by atoms with Crippen molar-refractivity contribution < 1.29 is 23.7 Å². The fourth-order valence-corrected chi connectivity index (χ4v) is 5.96. The number of carbonyl (C=O) groups is 1. The Bertz CT molecular complexity index is 1290. The van der Waals surface area contributed by atoms with E-state index in [1.54, 1.807) is 0 Å². The zero-order valence-corrected chi connectivity index (χ0v) is 21.7. The van der Waals surface area contributed by atoms with Gasteiger partial charge in [0.25, 0.3) is 0 Å². The van der Waals surface area contributed by atoms with Crippen LogP contribution in [0.25, 0.3) is 11.1 Å². The van der Waals surface area contributed by atoms with Crippen molar-refractivity contribution in [2.24, 2.45) is 0 Å². The Kier molecular flexibility index (Phi) is 7.06. The zero-order chi connectivity index (χ0) is 25.9. The summed E-state index contributed by atoms with van der Waals surface area (Å²) in [5.74, 6) is 1.57. The molecule has 0 aromatic heterocycles. The number of benzene rings is 3. The number of carbonyl (C=O) groups excluding carboxylic acids is 1. The molecule has 2 heterocycles. The van der Waals surface area contributed by atoms with Gasteiger partial charge in [-0.1, -0.05) is 72.3 Å². The van der Waals surface area contributed by atoms with Gasteiger partial charge < -0.3 is 18.9 Å². The quantitative estimate of drug-likeness (QED) is 0.337. The molecule has 2 bridgehead atoms. The molecule has 0 radical (unpaired) electrons. The summed E-state index contributed by atoms with van der Waals surface area (Å²) in [6, 6.07) is 24.4. The van der Waals surface area contributed by atoms with E-state index in [0.29, 0.717) is 33.0 Å². The van der Waals surface area contributed by atoms with E-state index >= 15 is 0 Å². The van der Waals surface area contributed by atoms with Crippen LogP contribution in [-0.2, 0) is 9.47 Å². The van der Waals surface area contributed by atoms with Crippen LogP contribution in [0.5, 0.6) is 11.5 Å². The first-order valence-electron chi connectivity index (χ1n) is 13.5. The van der Waals surface area contributed by atoms with Crippen LogP contribution in [0.3, 0.4) is 0 Å². The smallest absolute Gasteiger partial charge is 0.410 e. The van der Waals surface area contributed by atoms with Crippen molar-refractivity contribution in [3.8, 4) is 22.6 Å². The molecule has 1 amide bonds. The lowest BCUT2D eigenvalue weighted by atomic mass is 9.93. The average Bonchev–Trinajstić information content (AvgIpc) is 3.26. The highest BCUT2D eigenvalue weighted by Crippen LogP contribution is 2.44. The van der Waals surface area contributed by atoms with Crippen molar-refractivity contribution in [2.45, 2.75) is 37.8 Å². The molecule has 1 aliphatic carbocycles. The lowest BCUT2D eigenvalue weighted by Gasteiger charge is -2.44. The normalized spacial score (nSPS) is 19.8. The predicted octanol–water partition coefficient (Wildman–Crippen LogP) is 6.20. The topological polar surface area (TPSA) is 57.2 Å². The standard InChI is InChI=1S/C32H33NO5/c1-2-36-30-13-7-8-14-31(30)37-16-15-22-17-23-19-35-20-24(18-22)33(23)32(34)38-21-29-27-11-5-3-9-25(27)26-10-4-6-12-28(26)29/h3-14,17,23-24,29H,2,15-16,18-21H2,1H3. The molecule has 6 nitrogen and oxygen atoms in total. The Balaban J connectivity index is 1.10. The van der Waals surface area contributed by atoms with E-state index < -0.39 is 0 Å². The van der Waals surface area contributed by atoms with Gasteiger partial charge >= 0.3 is 6.09 Å². The van der Waals surface area contributed by atoms with E-state index in [1.165, 1.54) is 27.8 Å². The van der Waals surface area contributed by atoms with E-state index in [4.69, 9.17) is 18.9 Å². The number of ether oxygens (including phenoxy) is 4. The van der Waals surface area contributed by atoms with E-state index in [0.717, 1.165) is 24.3 Å². The third kappa shape index (κ3) is 4.76. The Hall–Kier alpha value is -3.77. The lowest BCUT2D eigenvalue weighted by Crippen LogP contribution is -2.56. The van der Waals surface area contributed by atoms with Gasteiger partial charge in [0.2, 0.25) is 0 Å². The Morgan fingerprint density at radius 1 is 0.895 bits per heavy atom. The lowest BCUT2D eigenvalue weighted by molar-refractivity contribution is -0.0366. The first-order valence-corrected chi connectivity index (χ1v) is 13.5. The van der Waals surface area contributed by atoms with Crippen LogP contribution in [0, 0.1) is 0 Å². The molecule has 2 aliphatic heterocycles. The molecule has 0 spiro atoms. The average molecular weight is 512 g/mol. The van der Waals surface area contributed by atoms with Crippen molar-refractivity contribution in [2.75, 3.05) is 33.0 Å². The van der Waals surface area contributed by atoms with Crippen molar-refractivity contribution in [1.82, 2.24) is 4.90 Å². The van der Waals surface area contributed by atoms with E-state index in [9.17, 15) is 4.79 Å². The van der Waals surface area contributed by atoms with E-state index in [2.05, 4.69) is 54.6 Å². The number of amides is 1. The molecule has 196 valence electrons. The van der Waals surface area contributed by atoms with Crippen molar-refractivity contribution in [3.63, 3.8) is 0 Å². The van der Waals surface area contributed by atoms with Crippen LogP contribution < -0.4 is 9.47 Å². The maximum atomic E-state index is 13.4. The number of para-hydroxylation sites is 2. The van der Waals surface area contributed by atoms with Crippen LogP contribution >= 0.6 is 0 Å². The van der Waals surface area contributed by atoms with Crippen LogP contribution in [0.1, 0.15) is 36.8 Å². The Labute approximate surface area is 223 Å². The van der Waals surface area contributed by atoms with Crippen LogP contribution in [0.4, 0.5) is 4.79 Å². The molecule has 1 saturated heterocycles. The van der Waals surface area contributed by atoms with E-state index in [-0.39, 0.29) is 24.1 Å². The van der Waals surface area contributed by atoms with Gasteiger partial charge in [0.05, 0.1) is 38.5 Å². The predicted molar refractivity (Wildman–Crippen MR) is 146 cm³/mol. The Morgan fingerprint density at radius 3 is 2.24 bits per heavy atom. The van der Waals surface area contributed by atoms with Gasteiger partial charge in [-0.3, -0.25) is 4.90 Å². The van der Waals surface area contributed by atoms with Gasteiger partial charge in [0.15, 0.2) is 11.5 Å². The maximum absolute atomic E-state index is 13.4. The van der Waals surface area contributed by atoms with Crippen LogP contribution in [0.2, 0.25) is 0 Å². The first kappa shape index (κ1) is 24.6. The number of fused-ring (bicyclic) bond motifs is 5.